The Morgan fingerprint density at radius 2 is 2.11 bits per heavy atom. The molecule has 1 aliphatic carbocycles. The monoisotopic (exact) mass is 258 g/mol. The number of nitrogens with one attached hydrogen (secondary N) is 1. The second-order valence-electron chi connectivity index (χ2n) is 5.77. The fourth-order valence-electron chi connectivity index (χ4n) is 3.18. The van der Waals surface area contributed by atoms with Crippen molar-refractivity contribution in [2.75, 3.05) is 20.1 Å². The fraction of sp³-hybridized carbons (Fsp3) is 0.562. The quantitative estimate of drug-likeness (QED) is 0.899. The van der Waals surface area contributed by atoms with E-state index >= 15 is 0 Å². The zero-order valence-electron chi connectivity index (χ0n) is 11.5. The van der Waals surface area contributed by atoms with Gasteiger partial charge in [-0.2, -0.15) is 0 Å². The lowest BCUT2D eigenvalue weighted by molar-refractivity contribution is -0.134. The Morgan fingerprint density at radius 3 is 2.84 bits per heavy atom. The first-order valence-corrected chi connectivity index (χ1v) is 7.30. The van der Waals surface area contributed by atoms with Gasteiger partial charge in [0.15, 0.2) is 0 Å². The Hall–Kier alpha value is -1.35. The minimum absolute atomic E-state index is 0.234. The molecule has 3 nitrogen and oxygen atoms in total. The minimum atomic E-state index is 0.234. The maximum atomic E-state index is 12.5. The van der Waals surface area contributed by atoms with Crippen LogP contribution in [0.25, 0.3) is 0 Å². The van der Waals surface area contributed by atoms with E-state index in [0.717, 1.165) is 25.9 Å². The number of likely N-dealkylation sites (N-methyl/N-ethyl adjacent to an activating group) is 1. The topological polar surface area (TPSA) is 32.3 Å². The number of amides is 1. The van der Waals surface area contributed by atoms with E-state index in [-0.39, 0.29) is 5.92 Å². The highest BCUT2D eigenvalue weighted by Gasteiger charge is 2.46. The second kappa shape index (κ2) is 5.33. The Bertz CT molecular complexity index is 445. The lowest BCUT2D eigenvalue weighted by atomic mass is 10.0. The van der Waals surface area contributed by atoms with Crippen molar-refractivity contribution in [2.45, 2.75) is 31.2 Å². The number of benzene rings is 1. The number of nitrogens with zero attached hydrogens (tertiary/aromatic N) is 1. The smallest absolute Gasteiger partial charge is 0.226 e. The van der Waals surface area contributed by atoms with Crippen LogP contribution in [0.3, 0.4) is 0 Å². The highest BCUT2D eigenvalue weighted by Crippen LogP contribution is 2.48. The summed E-state index contributed by atoms with van der Waals surface area (Å²) in [4.78, 5) is 14.6. The van der Waals surface area contributed by atoms with Gasteiger partial charge in [-0.15, -0.1) is 0 Å². The highest BCUT2D eigenvalue weighted by molar-refractivity contribution is 5.83. The largest absolute Gasteiger partial charge is 0.341 e. The molecular formula is C16H22N2O. The molecular weight excluding hydrogens is 236 g/mol. The van der Waals surface area contributed by atoms with E-state index in [4.69, 9.17) is 0 Å². The zero-order chi connectivity index (χ0) is 13.2. The molecule has 1 aromatic carbocycles. The maximum Gasteiger partial charge on any atom is 0.226 e. The van der Waals surface area contributed by atoms with Gasteiger partial charge in [0.2, 0.25) is 5.91 Å². The summed E-state index contributed by atoms with van der Waals surface area (Å²) in [5.41, 5.74) is 1.32. The molecule has 1 saturated heterocycles. The molecule has 3 heteroatoms. The van der Waals surface area contributed by atoms with E-state index in [1.54, 1.807) is 0 Å². The van der Waals surface area contributed by atoms with E-state index in [0.29, 0.717) is 17.9 Å². The Kier molecular flexibility index (Phi) is 3.56. The molecule has 0 radical (unpaired) electrons. The van der Waals surface area contributed by atoms with Gasteiger partial charge in [0.25, 0.3) is 0 Å². The van der Waals surface area contributed by atoms with E-state index in [1.165, 1.54) is 12.0 Å². The summed E-state index contributed by atoms with van der Waals surface area (Å²) in [5, 5.41) is 3.30. The number of piperidine rings is 1. The SMILES string of the molecule is CNC1CCCN(C(=O)C2CC2c2ccccc2)C1. The van der Waals surface area contributed by atoms with Gasteiger partial charge in [-0.1, -0.05) is 30.3 Å². The lowest BCUT2D eigenvalue weighted by Gasteiger charge is -2.32. The first-order chi connectivity index (χ1) is 9.29. The van der Waals surface area contributed by atoms with Crippen molar-refractivity contribution in [2.24, 2.45) is 5.92 Å². The molecule has 0 spiro atoms. The predicted molar refractivity (Wildman–Crippen MR) is 76.0 cm³/mol. The van der Waals surface area contributed by atoms with Gasteiger partial charge in [0.1, 0.15) is 0 Å². The summed E-state index contributed by atoms with van der Waals surface area (Å²) in [7, 11) is 1.99. The van der Waals surface area contributed by atoms with Crippen LogP contribution in [0.5, 0.6) is 0 Å². The van der Waals surface area contributed by atoms with Crippen LogP contribution in [0.1, 0.15) is 30.7 Å². The first kappa shape index (κ1) is 12.7. The summed E-state index contributed by atoms with van der Waals surface area (Å²) in [5.74, 6) is 1.07. The van der Waals surface area contributed by atoms with Crippen LogP contribution in [-0.4, -0.2) is 37.0 Å². The van der Waals surface area contributed by atoms with Gasteiger partial charge in [-0.05, 0) is 37.8 Å². The highest BCUT2D eigenvalue weighted by atomic mass is 16.2. The summed E-state index contributed by atoms with van der Waals surface area (Å²) < 4.78 is 0. The summed E-state index contributed by atoms with van der Waals surface area (Å²) in [6, 6.07) is 10.9. The Morgan fingerprint density at radius 1 is 1.32 bits per heavy atom. The Labute approximate surface area is 115 Å². The molecule has 0 aromatic heterocycles. The summed E-state index contributed by atoms with van der Waals surface area (Å²) in [6.07, 6.45) is 3.34. The van der Waals surface area contributed by atoms with Gasteiger partial charge in [-0.25, -0.2) is 0 Å². The molecule has 3 rings (SSSR count). The molecule has 3 unspecified atom stereocenters. The van der Waals surface area contributed by atoms with E-state index in [1.807, 2.05) is 13.1 Å². The molecule has 1 aliphatic heterocycles. The summed E-state index contributed by atoms with van der Waals surface area (Å²) >= 11 is 0. The van der Waals surface area contributed by atoms with Gasteiger partial charge in [-0.3, -0.25) is 4.79 Å². The second-order valence-corrected chi connectivity index (χ2v) is 5.77. The van der Waals surface area contributed by atoms with E-state index in [2.05, 4.69) is 34.5 Å². The van der Waals surface area contributed by atoms with Crippen molar-refractivity contribution in [3.63, 3.8) is 0 Å². The standard InChI is InChI=1S/C16H22N2O/c1-17-13-8-5-9-18(11-13)16(19)15-10-14(15)12-6-3-2-4-7-12/h2-4,6-7,13-15,17H,5,8-11H2,1H3. The Balaban J connectivity index is 1.60. The third-order valence-electron chi connectivity index (χ3n) is 4.48. The van der Waals surface area contributed by atoms with Crippen LogP contribution in [-0.2, 0) is 4.79 Å². The minimum Gasteiger partial charge on any atom is -0.341 e. The van der Waals surface area contributed by atoms with Crippen LogP contribution < -0.4 is 5.32 Å². The summed E-state index contributed by atoms with van der Waals surface area (Å²) in [6.45, 7) is 1.82. The van der Waals surface area contributed by atoms with Crippen molar-refractivity contribution >= 4 is 5.91 Å². The van der Waals surface area contributed by atoms with Crippen LogP contribution >= 0.6 is 0 Å². The van der Waals surface area contributed by atoms with Crippen molar-refractivity contribution in [1.82, 2.24) is 10.2 Å². The molecule has 1 amide bonds. The molecule has 1 saturated carbocycles. The van der Waals surface area contributed by atoms with Crippen molar-refractivity contribution in [1.29, 1.82) is 0 Å². The third kappa shape index (κ3) is 2.66. The normalized spacial score (nSPS) is 30.2. The average Bonchev–Trinajstić information content (AvgIpc) is 3.28. The third-order valence-corrected chi connectivity index (χ3v) is 4.48. The molecule has 3 atom stereocenters. The van der Waals surface area contributed by atoms with Crippen molar-refractivity contribution < 1.29 is 4.79 Å². The molecule has 0 bridgehead atoms. The number of carbonyl (C=O) groups is 1. The van der Waals surface area contributed by atoms with Gasteiger partial charge in [0.05, 0.1) is 0 Å². The van der Waals surface area contributed by atoms with Crippen LogP contribution in [0.4, 0.5) is 0 Å². The lowest BCUT2D eigenvalue weighted by Crippen LogP contribution is -2.47. The number of likely N-dealkylation sites (tertiary alicyclic amines) is 1. The van der Waals surface area contributed by atoms with Crippen LogP contribution in [0.2, 0.25) is 0 Å². The molecule has 1 N–H and O–H groups in total. The number of rotatable bonds is 3. The maximum absolute atomic E-state index is 12.5. The fourth-order valence-corrected chi connectivity index (χ4v) is 3.18. The molecule has 1 aromatic rings. The predicted octanol–water partition coefficient (Wildman–Crippen LogP) is 2.00. The van der Waals surface area contributed by atoms with E-state index < -0.39 is 0 Å². The van der Waals surface area contributed by atoms with Crippen molar-refractivity contribution in [3.8, 4) is 0 Å². The van der Waals surface area contributed by atoms with Crippen LogP contribution in [0, 0.1) is 5.92 Å². The van der Waals surface area contributed by atoms with Gasteiger partial charge < -0.3 is 10.2 Å². The van der Waals surface area contributed by atoms with Gasteiger partial charge in [0, 0.05) is 25.0 Å². The number of hydrogen-bond donors (Lipinski definition) is 1. The van der Waals surface area contributed by atoms with Crippen LogP contribution in [0.15, 0.2) is 30.3 Å². The molecule has 1 heterocycles. The number of hydrogen-bond acceptors (Lipinski definition) is 2. The van der Waals surface area contributed by atoms with Crippen molar-refractivity contribution in [3.05, 3.63) is 35.9 Å². The van der Waals surface area contributed by atoms with Gasteiger partial charge >= 0.3 is 0 Å². The van der Waals surface area contributed by atoms with E-state index in [9.17, 15) is 4.79 Å². The zero-order valence-corrected chi connectivity index (χ0v) is 11.5. The molecule has 19 heavy (non-hydrogen) atoms. The molecule has 102 valence electrons. The molecule has 2 fully saturated rings. The average molecular weight is 258 g/mol. The first-order valence-electron chi connectivity index (χ1n) is 7.30. The molecule has 2 aliphatic rings. The number of carbonyl (C=O) groups excluding carboxylic acids is 1.